The summed E-state index contributed by atoms with van der Waals surface area (Å²) < 4.78 is 0. The van der Waals surface area contributed by atoms with Crippen molar-refractivity contribution in [2.24, 2.45) is 0 Å². The third kappa shape index (κ3) is 5.49. The van der Waals surface area contributed by atoms with Crippen LogP contribution in [0.5, 0.6) is 0 Å². The molecule has 0 aromatic carbocycles. The summed E-state index contributed by atoms with van der Waals surface area (Å²) in [5.41, 5.74) is 0. The number of nitro groups is 1. The smallest absolute Gasteiger partial charge is 0.240 e. The Kier molecular flexibility index (Phi) is 3.40. The van der Waals surface area contributed by atoms with E-state index < -0.39 is 4.92 Å². The average molecular weight is 119 g/mol. The monoisotopic (exact) mass is 119 g/mol. The van der Waals surface area contributed by atoms with Crippen molar-refractivity contribution in [3.8, 4) is 0 Å². The van der Waals surface area contributed by atoms with Crippen LogP contribution < -0.4 is 0 Å². The van der Waals surface area contributed by atoms with Gasteiger partial charge in [0, 0.05) is 5.41 Å². The van der Waals surface area contributed by atoms with Crippen molar-refractivity contribution in [3.05, 3.63) is 21.7 Å². The standard InChI is InChI=1S/C3H5NO2S/c1-7-3-2-4(5)6/h2-3H,1H3/b3-2-. The molecule has 0 aromatic rings. The summed E-state index contributed by atoms with van der Waals surface area (Å²) in [5, 5.41) is 10.9. The molecule has 0 fully saturated rings. The Morgan fingerprint density at radius 1 is 1.86 bits per heavy atom. The van der Waals surface area contributed by atoms with Crippen LogP contribution in [0.1, 0.15) is 0 Å². The molecule has 7 heavy (non-hydrogen) atoms. The van der Waals surface area contributed by atoms with Gasteiger partial charge in [-0.2, -0.15) is 0 Å². The highest BCUT2D eigenvalue weighted by Gasteiger charge is 1.77. The van der Waals surface area contributed by atoms with Crippen molar-refractivity contribution in [1.29, 1.82) is 0 Å². The van der Waals surface area contributed by atoms with E-state index in [-0.39, 0.29) is 0 Å². The molecule has 0 aliphatic carbocycles. The molecule has 0 aromatic heterocycles. The molecule has 0 rings (SSSR count). The van der Waals surface area contributed by atoms with Crippen LogP contribution in [-0.4, -0.2) is 11.2 Å². The van der Waals surface area contributed by atoms with Crippen LogP contribution >= 0.6 is 11.8 Å². The quantitative estimate of drug-likeness (QED) is 0.403. The van der Waals surface area contributed by atoms with Crippen molar-refractivity contribution < 1.29 is 4.92 Å². The lowest BCUT2D eigenvalue weighted by Crippen LogP contribution is -1.79. The van der Waals surface area contributed by atoms with E-state index in [4.69, 9.17) is 0 Å². The van der Waals surface area contributed by atoms with Crippen LogP contribution in [0, 0.1) is 10.1 Å². The normalized spacial score (nSPS) is 9.86. The van der Waals surface area contributed by atoms with Crippen molar-refractivity contribution in [1.82, 2.24) is 0 Å². The minimum absolute atomic E-state index is 0.490. The number of rotatable bonds is 2. The van der Waals surface area contributed by atoms with Crippen molar-refractivity contribution in [2.45, 2.75) is 0 Å². The van der Waals surface area contributed by atoms with Gasteiger partial charge in [-0.1, -0.05) is 0 Å². The first-order chi connectivity index (χ1) is 3.27. The summed E-state index contributed by atoms with van der Waals surface area (Å²) in [6, 6.07) is 0. The lowest BCUT2D eigenvalue weighted by molar-refractivity contribution is -0.402. The summed E-state index contributed by atoms with van der Waals surface area (Å²) in [4.78, 5) is 8.97. The zero-order valence-corrected chi connectivity index (χ0v) is 4.64. The third-order valence-electron chi connectivity index (χ3n) is 0.319. The summed E-state index contributed by atoms with van der Waals surface area (Å²) in [5.74, 6) is 0. The zero-order valence-electron chi connectivity index (χ0n) is 3.83. The summed E-state index contributed by atoms with van der Waals surface area (Å²) >= 11 is 1.31. The molecule has 0 saturated carbocycles. The fourth-order valence-electron chi connectivity index (χ4n) is 0.111. The van der Waals surface area contributed by atoms with Crippen molar-refractivity contribution in [2.75, 3.05) is 6.26 Å². The Hall–Kier alpha value is -0.510. The second-order valence-electron chi connectivity index (χ2n) is 0.806. The summed E-state index contributed by atoms with van der Waals surface area (Å²) in [7, 11) is 0. The number of hydrogen-bond donors (Lipinski definition) is 0. The largest absolute Gasteiger partial charge is 0.259 e. The molecule has 0 aliphatic rings. The topological polar surface area (TPSA) is 43.1 Å². The Morgan fingerprint density at radius 2 is 2.43 bits per heavy atom. The van der Waals surface area contributed by atoms with E-state index in [1.54, 1.807) is 6.26 Å². The van der Waals surface area contributed by atoms with Gasteiger partial charge in [0.25, 0.3) is 0 Å². The van der Waals surface area contributed by atoms with E-state index in [0.29, 0.717) is 0 Å². The molecule has 0 aliphatic heterocycles. The molecule has 3 nitrogen and oxygen atoms in total. The van der Waals surface area contributed by atoms with Gasteiger partial charge in [-0.3, -0.25) is 10.1 Å². The lowest BCUT2D eigenvalue weighted by atomic mass is 11.1. The molecular formula is C3H5NO2S. The van der Waals surface area contributed by atoms with Crippen LogP contribution in [-0.2, 0) is 0 Å². The number of nitrogens with zero attached hydrogens (tertiary/aromatic N) is 1. The van der Waals surface area contributed by atoms with Gasteiger partial charge in [-0.25, -0.2) is 0 Å². The molecule has 0 heterocycles. The van der Waals surface area contributed by atoms with E-state index in [1.807, 2.05) is 0 Å². The highest BCUT2D eigenvalue weighted by molar-refractivity contribution is 8.01. The summed E-state index contributed by atoms with van der Waals surface area (Å²) in [6.07, 6.45) is 2.67. The molecular weight excluding hydrogens is 114 g/mol. The molecule has 0 N–H and O–H groups in total. The molecule has 0 radical (unpaired) electrons. The molecule has 4 heteroatoms. The second kappa shape index (κ2) is 3.67. The molecule has 0 bridgehead atoms. The third-order valence-corrected chi connectivity index (χ3v) is 0.713. The first-order valence-electron chi connectivity index (χ1n) is 1.60. The van der Waals surface area contributed by atoms with E-state index in [0.717, 1.165) is 6.20 Å². The lowest BCUT2D eigenvalue weighted by Gasteiger charge is -1.72. The van der Waals surface area contributed by atoms with Gasteiger partial charge in [0.1, 0.15) is 0 Å². The molecule has 0 unspecified atom stereocenters. The Balaban J connectivity index is 3.26. The van der Waals surface area contributed by atoms with E-state index in [1.165, 1.54) is 17.2 Å². The van der Waals surface area contributed by atoms with E-state index in [9.17, 15) is 10.1 Å². The molecule has 0 amide bonds. The van der Waals surface area contributed by atoms with Crippen LogP contribution in [0.4, 0.5) is 0 Å². The number of thioether (sulfide) groups is 1. The maximum atomic E-state index is 9.46. The minimum Gasteiger partial charge on any atom is -0.259 e. The van der Waals surface area contributed by atoms with Gasteiger partial charge >= 0.3 is 0 Å². The van der Waals surface area contributed by atoms with Crippen LogP contribution in [0.3, 0.4) is 0 Å². The van der Waals surface area contributed by atoms with Crippen LogP contribution in [0.15, 0.2) is 11.6 Å². The Labute approximate surface area is 45.6 Å². The van der Waals surface area contributed by atoms with Crippen molar-refractivity contribution in [3.63, 3.8) is 0 Å². The fraction of sp³-hybridized carbons (Fsp3) is 0.333. The highest BCUT2D eigenvalue weighted by atomic mass is 32.2. The first-order valence-corrected chi connectivity index (χ1v) is 2.89. The first kappa shape index (κ1) is 6.49. The van der Waals surface area contributed by atoms with Gasteiger partial charge in [0.05, 0.1) is 4.92 Å². The SMILES string of the molecule is CS/C=C\[N+](=O)[O-]. The van der Waals surface area contributed by atoms with Crippen molar-refractivity contribution >= 4 is 11.8 Å². The molecule has 0 saturated heterocycles. The predicted molar refractivity (Wildman–Crippen MR) is 29.6 cm³/mol. The molecule has 40 valence electrons. The minimum atomic E-state index is -0.490. The molecule has 0 spiro atoms. The van der Waals surface area contributed by atoms with Gasteiger partial charge in [-0.15, -0.1) is 11.8 Å². The van der Waals surface area contributed by atoms with Gasteiger partial charge < -0.3 is 0 Å². The Morgan fingerprint density at radius 3 is 2.57 bits per heavy atom. The predicted octanol–water partition coefficient (Wildman–Crippen LogP) is 1.10. The molecule has 0 atom stereocenters. The number of hydrogen-bond acceptors (Lipinski definition) is 3. The zero-order chi connectivity index (χ0) is 5.70. The van der Waals surface area contributed by atoms with Crippen LogP contribution in [0.25, 0.3) is 0 Å². The van der Waals surface area contributed by atoms with Gasteiger partial charge in [0.15, 0.2) is 0 Å². The maximum absolute atomic E-state index is 9.46. The van der Waals surface area contributed by atoms with Crippen LogP contribution in [0.2, 0.25) is 0 Å². The fourth-order valence-corrected chi connectivity index (χ4v) is 0.332. The summed E-state index contributed by atoms with van der Waals surface area (Å²) in [6.45, 7) is 0. The highest BCUT2D eigenvalue weighted by Crippen LogP contribution is 1.91. The Bertz CT molecular complexity index is 90.9. The maximum Gasteiger partial charge on any atom is 0.240 e. The van der Waals surface area contributed by atoms with Gasteiger partial charge in [-0.05, 0) is 6.26 Å². The average Bonchev–Trinajstić information content (AvgIpc) is 1.61. The second-order valence-corrected chi connectivity index (χ2v) is 1.55. The van der Waals surface area contributed by atoms with E-state index >= 15 is 0 Å². The van der Waals surface area contributed by atoms with E-state index in [2.05, 4.69) is 0 Å². The van der Waals surface area contributed by atoms with Gasteiger partial charge in [0.2, 0.25) is 6.20 Å².